The maximum absolute atomic E-state index is 5.57. The first-order chi connectivity index (χ1) is 8.36. The molecule has 5 heteroatoms. The van der Waals surface area contributed by atoms with E-state index in [2.05, 4.69) is 21.9 Å². The van der Waals surface area contributed by atoms with E-state index >= 15 is 0 Å². The topological polar surface area (TPSA) is 45.7 Å². The summed E-state index contributed by atoms with van der Waals surface area (Å²) in [6, 6.07) is 0. The fraction of sp³-hybridized carbons (Fsp3) is 0.917. The lowest BCUT2D eigenvalue weighted by Crippen LogP contribution is -2.39. The van der Waals surface area contributed by atoms with Crippen molar-refractivity contribution in [1.29, 1.82) is 0 Å². The number of hydrogen-bond donors (Lipinski definition) is 2. The summed E-state index contributed by atoms with van der Waals surface area (Å²) in [5, 5.41) is 6.55. The monoisotopic (exact) mass is 259 g/mol. The van der Waals surface area contributed by atoms with Crippen LogP contribution in [0.3, 0.4) is 0 Å². The van der Waals surface area contributed by atoms with Gasteiger partial charge in [0.1, 0.15) is 0 Å². The van der Waals surface area contributed by atoms with Gasteiger partial charge in [0.15, 0.2) is 5.96 Å². The fourth-order valence-corrected chi connectivity index (χ4v) is 1.71. The highest BCUT2D eigenvalue weighted by molar-refractivity contribution is 7.98. The Morgan fingerprint density at radius 3 is 2.76 bits per heavy atom. The average Bonchev–Trinajstić information content (AvgIpc) is 3.15. The number of aliphatic imine (C=N–C) groups is 1. The van der Waals surface area contributed by atoms with Crippen LogP contribution in [-0.4, -0.2) is 51.3 Å². The summed E-state index contributed by atoms with van der Waals surface area (Å²) in [5.41, 5.74) is 0. The Balaban J connectivity index is 1.87. The van der Waals surface area contributed by atoms with Crippen LogP contribution < -0.4 is 10.6 Å². The molecule has 0 unspecified atom stereocenters. The fourth-order valence-electron chi connectivity index (χ4n) is 1.41. The number of ether oxygens (including phenoxy) is 1. The van der Waals surface area contributed by atoms with Gasteiger partial charge in [0.2, 0.25) is 0 Å². The van der Waals surface area contributed by atoms with E-state index in [1.165, 1.54) is 12.8 Å². The second-order valence-corrected chi connectivity index (χ2v) is 5.28. The first-order valence-electron chi connectivity index (χ1n) is 6.38. The van der Waals surface area contributed by atoms with Crippen LogP contribution in [0.25, 0.3) is 0 Å². The summed E-state index contributed by atoms with van der Waals surface area (Å²) in [6.07, 6.45) is 5.87. The van der Waals surface area contributed by atoms with Crippen molar-refractivity contribution in [3.8, 4) is 0 Å². The van der Waals surface area contributed by atoms with E-state index in [0.29, 0.717) is 0 Å². The number of nitrogens with one attached hydrogen (secondary N) is 2. The van der Waals surface area contributed by atoms with E-state index in [9.17, 15) is 0 Å². The lowest BCUT2D eigenvalue weighted by Gasteiger charge is -2.11. The summed E-state index contributed by atoms with van der Waals surface area (Å²) in [7, 11) is 1.80. The molecule has 0 spiro atoms. The standard InChI is InChI=1S/C12H25N3OS/c1-13-12(15-7-9-17-2)14-6-3-8-16-10-11-4-5-11/h11H,3-10H2,1-2H3,(H2,13,14,15). The average molecular weight is 259 g/mol. The minimum absolute atomic E-state index is 0.852. The minimum Gasteiger partial charge on any atom is -0.381 e. The smallest absolute Gasteiger partial charge is 0.191 e. The first-order valence-corrected chi connectivity index (χ1v) is 7.77. The highest BCUT2D eigenvalue weighted by atomic mass is 32.2. The normalized spacial score (nSPS) is 16.0. The van der Waals surface area contributed by atoms with Gasteiger partial charge in [-0.1, -0.05) is 0 Å². The zero-order valence-electron chi connectivity index (χ0n) is 11.0. The molecule has 2 N–H and O–H groups in total. The third-order valence-electron chi connectivity index (χ3n) is 2.63. The molecule has 0 heterocycles. The predicted octanol–water partition coefficient (Wildman–Crippen LogP) is 1.33. The van der Waals surface area contributed by atoms with E-state index in [4.69, 9.17) is 4.74 Å². The molecule has 0 aromatic heterocycles. The molecule has 100 valence electrons. The van der Waals surface area contributed by atoms with Gasteiger partial charge in [-0.25, -0.2) is 0 Å². The molecule has 0 aliphatic heterocycles. The molecule has 0 atom stereocenters. The number of guanidine groups is 1. The van der Waals surface area contributed by atoms with Crippen molar-refractivity contribution in [1.82, 2.24) is 10.6 Å². The highest BCUT2D eigenvalue weighted by Crippen LogP contribution is 2.28. The van der Waals surface area contributed by atoms with Gasteiger partial charge in [0, 0.05) is 39.1 Å². The summed E-state index contributed by atoms with van der Waals surface area (Å²) in [6.45, 7) is 3.69. The van der Waals surface area contributed by atoms with Gasteiger partial charge in [0.05, 0.1) is 0 Å². The van der Waals surface area contributed by atoms with Crippen molar-refractivity contribution in [2.24, 2.45) is 10.9 Å². The number of hydrogen-bond acceptors (Lipinski definition) is 3. The second kappa shape index (κ2) is 9.59. The number of nitrogens with zero attached hydrogens (tertiary/aromatic N) is 1. The number of rotatable bonds is 9. The van der Waals surface area contributed by atoms with Crippen molar-refractivity contribution < 1.29 is 4.74 Å². The van der Waals surface area contributed by atoms with Crippen molar-refractivity contribution in [3.63, 3.8) is 0 Å². The summed E-state index contributed by atoms with van der Waals surface area (Å²) < 4.78 is 5.57. The molecule has 4 nitrogen and oxygen atoms in total. The SMILES string of the molecule is CN=C(NCCCOCC1CC1)NCCSC. The lowest BCUT2D eigenvalue weighted by molar-refractivity contribution is 0.123. The molecule has 1 saturated carbocycles. The minimum atomic E-state index is 0.852. The van der Waals surface area contributed by atoms with Crippen LogP contribution in [0.5, 0.6) is 0 Å². The van der Waals surface area contributed by atoms with Crippen molar-refractivity contribution in [2.45, 2.75) is 19.3 Å². The molecule has 1 fully saturated rings. The Labute approximate surface area is 109 Å². The van der Waals surface area contributed by atoms with Crippen LogP contribution in [0, 0.1) is 5.92 Å². The summed E-state index contributed by atoms with van der Waals surface area (Å²) in [4.78, 5) is 4.16. The van der Waals surface area contributed by atoms with Crippen LogP contribution in [0.1, 0.15) is 19.3 Å². The molecule has 0 aromatic rings. The van der Waals surface area contributed by atoms with Gasteiger partial charge >= 0.3 is 0 Å². The lowest BCUT2D eigenvalue weighted by atomic mass is 10.4. The molecular formula is C12H25N3OS. The van der Waals surface area contributed by atoms with E-state index in [1.807, 2.05) is 11.8 Å². The Hall–Kier alpha value is -0.420. The molecule has 0 bridgehead atoms. The molecule has 17 heavy (non-hydrogen) atoms. The quantitative estimate of drug-likeness (QED) is 0.372. The Kier molecular flexibility index (Phi) is 8.26. The molecule has 1 rings (SSSR count). The zero-order valence-corrected chi connectivity index (χ0v) is 11.8. The van der Waals surface area contributed by atoms with Crippen LogP contribution in [0.4, 0.5) is 0 Å². The van der Waals surface area contributed by atoms with Gasteiger partial charge in [-0.2, -0.15) is 11.8 Å². The van der Waals surface area contributed by atoms with Crippen molar-refractivity contribution in [3.05, 3.63) is 0 Å². The van der Waals surface area contributed by atoms with Crippen LogP contribution in [0.15, 0.2) is 4.99 Å². The molecular weight excluding hydrogens is 234 g/mol. The van der Waals surface area contributed by atoms with E-state index in [-0.39, 0.29) is 0 Å². The first kappa shape index (κ1) is 14.6. The number of thioether (sulfide) groups is 1. The Bertz CT molecular complexity index is 220. The van der Waals surface area contributed by atoms with Crippen LogP contribution in [0.2, 0.25) is 0 Å². The molecule has 0 radical (unpaired) electrons. The highest BCUT2D eigenvalue weighted by Gasteiger charge is 2.20. The van der Waals surface area contributed by atoms with Gasteiger partial charge in [-0.3, -0.25) is 4.99 Å². The van der Waals surface area contributed by atoms with Gasteiger partial charge < -0.3 is 15.4 Å². The molecule has 0 amide bonds. The van der Waals surface area contributed by atoms with E-state index < -0.39 is 0 Å². The molecule has 0 saturated heterocycles. The van der Waals surface area contributed by atoms with Crippen LogP contribution >= 0.6 is 11.8 Å². The maximum atomic E-state index is 5.57. The summed E-state index contributed by atoms with van der Waals surface area (Å²) >= 11 is 1.83. The largest absolute Gasteiger partial charge is 0.381 e. The zero-order chi connectivity index (χ0) is 12.3. The van der Waals surface area contributed by atoms with Gasteiger partial charge in [-0.15, -0.1) is 0 Å². The Morgan fingerprint density at radius 2 is 2.12 bits per heavy atom. The third-order valence-corrected chi connectivity index (χ3v) is 3.24. The van der Waals surface area contributed by atoms with E-state index in [0.717, 1.165) is 50.4 Å². The molecule has 1 aliphatic rings. The molecule has 1 aliphatic carbocycles. The summed E-state index contributed by atoms with van der Waals surface area (Å²) in [5.74, 6) is 2.86. The van der Waals surface area contributed by atoms with E-state index in [1.54, 1.807) is 7.05 Å². The third kappa shape index (κ3) is 8.32. The molecule has 0 aromatic carbocycles. The van der Waals surface area contributed by atoms with Crippen molar-refractivity contribution >= 4 is 17.7 Å². The van der Waals surface area contributed by atoms with Crippen LogP contribution in [-0.2, 0) is 4.74 Å². The van der Waals surface area contributed by atoms with Crippen molar-refractivity contribution in [2.75, 3.05) is 45.4 Å². The van der Waals surface area contributed by atoms with Gasteiger partial charge in [0.25, 0.3) is 0 Å². The van der Waals surface area contributed by atoms with Gasteiger partial charge in [-0.05, 0) is 31.4 Å². The predicted molar refractivity (Wildman–Crippen MR) is 75.9 cm³/mol. The maximum Gasteiger partial charge on any atom is 0.191 e. The Morgan fingerprint density at radius 1 is 1.35 bits per heavy atom. The second-order valence-electron chi connectivity index (χ2n) is 4.29.